The number of benzene rings is 1. The van der Waals surface area contributed by atoms with Crippen LogP contribution in [0.25, 0.3) is 0 Å². The molecule has 8 heteroatoms. The fraction of sp³-hybridized carbons (Fsp3) is 0.533. The van der Waals surface area contributed by atoms with Crippen LogP contribution in [0.15, 0.2) is 24.3 Å². The zero-order chi connectivity index (χ0) is 16.9. The van der Waals surface area contributed by atoms with Gasteiger partial charge in [0.15, 0.2) is 0 Å². The summed E-state index contributed by atoms with van der Waals surface area (Å²) < 4.78 is 8.89. The van der Waals surface area contributed by atoms with Crippen molar-refractivity contribution in [3.05, 3.63) is 29.8 Å². The molecule has 1 saturated heterocycles. The van der Waals surface area contributed by atoms with Gasteiger partial charge in [-0.2, -0.15) is 0 Å². The number of methoxy groups -OCH3 is 1. The maximum Gasteiger partial charge on any atom is 0.252 e. The zero-order valence-corrected chi connectivity index (χ0v) is 14.9. The third kappa shape index (κ3) is 5.69. The second kappa shape index (κ2) is 8.40. The van der Waals surface area contributed by atoms with Gasteiger partial charge >= 0.3 is 0 Å². The molecular formula is C15H19Cl3N2O3. The van der Waals surface area contributed by atoms with Crippen LogP contribution in [0.4, 0.5) is 0 Å². The van der Waals surface area contributed by atoms with Crippen LogP contribution in [0.2, 0.25) is 0 Å². The first kappa shape index (κ1) is 18.6. The minimum absolute atomic E-state index is 0.0720. The average molecular weight is 382 g/mol. The summed E-state index contributed by atoms with van der Waals surface area (Å²) in [7, 11) is 1.56. The van der Waals surface area contributed by atoms with Gasteiger partial charge < -0.3 is 14.8 Å². The lowest BCUT2D eigenvalue weighted by atomic mass is 10.2. The molecule has 1 heterocycles. The van der Waals surface area contributed by atoms with E-state index in [1.807, 2.05) is 0 Å². The van der Waals surface area contributed by atoms with Crippen LogP contribution in [-0.2, 0) is 4.74 Å². The molecule has 0 aliphatic carbocycles. The Kier molecular flexibility index (Phi) is 6.80. The van der Waals surface area contributed by atoms with Gasteiger partial charge in [0.05, 0.1) is 13.2 Å². The third-order valence-corrected chi connectivity index (χ3v) is 4.18. The maximum atomic E-state index is 12.3. The number of hydrogen-bond donors (Lipinski definition) is 2. The molecule has 23 heavy (non-hydrogen) atoms. The summed E-state index contributed by atoms with van der Waals surface area (Å²) in [6, 6.07) is 6.67. The summed E-state index contributed by atoms with van der Waals surface area (Å²) in [6.07, 6.45) is 1.21. The molecule has 0 spiro atoms. The Bertz CT molecular complexity index is 514. The highest BCUT2D eigenvalue weighted by Gasteiger charge is 2.34. The van der Waals surface area contributed by atoms with Crippen LogP contribution in [0.5, 0.6) is 5.75 Å². The van der Waals surface area contributed by atoms with Crippen molar-refractivity contribution >= 4 is 40.7 Å². The molecule has 1 amide bonds. The van der Waals surface area contributed by atoms with E-state index < -0.39 is 9.96 Å². The van der Waals surface area contributed by atoms with Crippen molar-refractivity contribution in [2.45, 2.75) is 28.9 Å². The average Bonchev–Trinajstić information content (AvgIpc) is 3.03. The fourth-order valence-electron chi connectivity index (χ4n) is 2.26. The predicted octanol–water partition coefficient (Wildman–Crippen LogP) is 2.89. The number of carbonyl (C=O) groups is 1. The molecule has 128 valence electrons. The number of halogens is 3. The largest absolute Gasteiger partial charge is 0.497 e. The van der Waals surface area contributed by atoms with Gasteiger partial charge in [-0.1, -0.05) is 34.8 Å². The molecule has 0 saturated carbocycles. The van der Waals surface area contributed by atoms with E-state index in [2.05, 4.69) is 10.6 Å². The lowest BCUT2D eigenvalue weighted by Crippen LogP contribution is -2.54. The Morgan fingerprint density at radius 2 is 2.09 bits per heavy atom. The second-order valence-corrected chi connectivity index (χ2v) is 7.59. The Hall–Kier alpha value is -0.720. The van der Waals surface area contributed by atoms with Gasteiger partial charge in [0.2, 0.25) is 3.79 Å². The number of hydrogen-bond acceptors (Lipinski definition) is 4. The molecule has 1 aliphatic heterocycles. The number of nitrogens with one attached hydrogen (secondary N) is 2. The minimum Gasteiger partial charge on any atom is -0.497 e. The highest BCUT2D eigenvalue weighted by atomic mass is 35.6. The van der Waals surface area contributed by atoms with Gasteiger partial charge in [-0.15, -0.1) is 0 Å². The van der Waals surface area contributed by atoms with E-state index in [1.165, 1.54) is 0 Å². The maximum absolute atomic E-state index is 12.3. The normalized spacial score (nSPS) is 19.4. The van der Waals surface area contributed by atoms with Crippen molar-refractivity contribution in [3.63, 3.8) is 0 Å². The monoisotopic (exact) mass is 380 g/mol. The minimum atomic E-state index is -1.68. The molecule has 0 radical (unpaired) electrons. The molecule has 0 unspecified atom stereocenters. The van der Waals surface area contributed by atoms with Crippen molar-refractivity contribution < 1.29 is 14.3 Å². The van der Waals surface area contributed by atoms with Crippen LogP contribution < -0.4 is 15.4 Å². The topological polar surface area (TPSA) is 59.6 Å². The van der Waals surface area contributed by atoms with E-state index in [0.29, 0.717) is 17.9 Å². The Balaban J connectivity index is 1.96. The van der Waals surface area contributed by atoms with Crippen molar-refractivity contribution in [3.8, 4) is 5.75 Å². The van der Waals surface area contributed by atoms with Crippen molar-refractivity contribution in [1.82, 2.24) is 10.6 Å². The first-order chi connectivity index (χ1) is 10.9. The number of amides is 1. The summed E-state index contributed by atoms with van der Waals surface area (Å²) in [6.45, 7) is 1.24. The molecule has 1 aromatic carbocycles. The predicted molar refractivity (Wildman–Crippen MR) is 91.5 cm³/mol. The van der Waals surface area contributed by atoms with Crippen molar-refractivity contribution in [1.29, 1.82) is 0 Å². The van der Waals surface area contributed by atoms with Gasteiger partial charge in [-0.25, -0.2) is 0 Å². The summed E-state index contributed by atoms with van der Waals surface area (Å²) in [5.74, 6) is 0.319. The Labute approximate surface area is 150 Å². The van der Waals surface area contributed by atoms with Gasteiger partial charge in [0.25, 0.3) is 5.91 Å². The molecule has 1 fully saturated rings. The zero-order valence-electron chi connectivity index (χ0n) is 12.7. The lowest BCUT2D eigenvalue weighted by molar-refractivity contribution is 0.0897. The number of carbonyl (C=O) groups excluding carboxylic acids is 1. The summed E-state index contributed by atoms with van der Waals surface area (Å²) in [5.41, 5.74) is 0.448. The van der Waals surface area contributed by atoms with Crippen molar-refractivity contribution in [2.24, 2.45) is 0 Å². The SMILES string of the molecule is COc1ccc(C(=O)N[C@@H](NC[C@@H]2CCCO2)C(Cl)(Cl)Cl)cc1. The van der Waals surface area contributed by atoms with Crippen LogP contribution in [0.1, 0.15) is 23.2 Å². The summed E-state index contributed by atoms with van der Waals surface area (Å²) in [5, 5.41) is 5.74. The van der Waals surface area contributed by atoms with Gasteiger partial charge in [0.1, 0.15) is 11.9 Å². The first-order valence-electron chi connectivity index (χ1n) is 7.27. The smallest absolute Gasteiger partial charge is 0.252 e. The van der Waals surface area contributed by atoms with Gasteiger partial charge in [0, 0.05) is 18.7 Å². The third-order valence-electron chi connectivity index (χ3n) is 3.53. The molecule has 0 aromatic heterocycles. The number of alkyl halides is 3. The van der Waals surface area contributed by atoms with E-state index in [9.17, 15) is 4.79 Å². The molecule has 1 aliphatic rings. The Morgan fingerprint density at radius 3 is 2.61 bits per heavy atom. The van der Waals surface area contributed by atoms with Crippen molar-refractivity contribution in [2.75, 3.05) is 20.3 Å². The van der Waals surface area contributed by atoms with E-state index in [-0.39, 0.29) is 12.0 Å². The summed E-state index contributed by atoms with van der Waals surface area (Å²) in [4.78, 5) is 12.3. The lowest BCUT2D eigenvalue weighted by Gasteiger charge is -2.27. The molecule has 1 aromatic rings. The van der Waals surface area contributed by atoms with Gasteiger partial charge in [-0.05, 0) is 37.1 Å². The van der Waals surface area contributed by atoms with Crippen LogP contribution in [-0.4, -0.2) is 42.2 Å². The quantitative estimate of drug-likeness (QED) is 0.587. The first-order valence-corrected chi connectivity index (χ1v) is 8.40. The van der Waals surface area contributed by atoms with Crippen LogP contribution in [0, 0.1) is 0 Å². The highest BCUT2D eigenvalue weighted by Crippen LogP contribution is 2.29. The summed E-state index contributed by atoms with van der Waals surface area (Å²) >= 11 is 17.9. The standard InChI is InChI=1S/C15H19Cl3N2O3/c1-22-11-6-4-10(5-7-11)13(21)20-14(15(16,17)18)19-9-12-3-2-8-23-12/h4-7,12,14,19H,2-3,8-9H2,1H3,(H,20,21)/t12-,14+/m0/s1. The highest BCUT2D eigenvalue weighted by molar-refractivity contribution is 6.68. The van der Waals surface area contributed by atoms with E-state index >= 15 is 0 Å². The van der Waals surface area contributed by atoms with Crippen LogP contribution in [0.3, 0.4) is 0 Å². The molecular weight excluding hydrogens is 363 g/mol. The molecule has 2 rings (SSSR count). The molecule has 2 N–H and O–H groups in total. The Morgan fingerprint density at radius 1 is 1.39 bits per heavy atom. The van der Waals surface area contributed by atoms with E-state index in [4.69, 9.17) is 44.3 Å². The van der Waals surface area contributed by atoms with Gasteiger partial charge in [-0.3, -0.25) is 10.1 Å². The number of rotatable bonds is 6. The molecule has 0 bridgehead atoms. The molecule has 5 nitrogen and oxygen atoms in total. The van der Waals surface area contributed by atoms with E-state index in [0.717, 1.165) is 19.4 Å². The van der Waals surface area contributed by atoms with E-state index in [1.54, 1.807) is 31.4 Å². The number of ether oxygens (including phenoxy) is 2. The molecule has 2 atom stereocenters. The second-order valence-electron chi connectivity index (χ2n) is 5.22. The fourth-order valence-corrected chi connectivity index (χ4v) is 2.66. The van der Waals surface area contributed by atoms with Crippen LogP contribution >= 0.6 is 34.8 Å².